The number of rotatable bonds is 8. The molecule has 2 rings (SSSR count). The van der Waals surface area contributed by atoms with Crippen LogP contribution in [0.25, 0.3) is 0 Å². The number of hydrogen-bond acceptors (Lipinski definition) is 5. The van der Waals surface area contributed by atoms with E-state index in [-0.39, 0.29) is 24.6 Å². The largest absolute Gasteiger partial charge is 0.452 e. The molecule has 1 aliphatic rings. The zero-order chi connectivity index (χ0) is 25.6. The Kier molecular flexibility index (Phi) is 9.06. The molecule has 3 amide bonds. The molecule has 2 N–H and O–H groups in total. The van der Waals surface area contributed by atoms with E-state index in [9.17, 15) is 32.3 Å². The minimum atomic E-state index is -5.10. The van der Waals surface area contributed by atoms with E-state index in [0.717, 1.165) is 0 Å². The first kappa shape index (κ1) is 27.1. The average molecular weight is 486 g/mol. The molecule has 188 valence electrons. The Morgan fingerprint density at radius 3 is 2.09 bits per heavy atom. The second-order valence-corrected chi connectivity index (χ2v) is 8.85. The lowest BCUT2D eigenvalue weighted by atomic mass is 9.98. The Morgan fingerprint density at radius 2 is 1.56 bits per heavy atom. The highest BCUT2D eigenvalue weighted by Crippen LogP contribution is 2.24. The molecule has 0 unspecified atom stereocenters. The molecule has 1 aliphatic heterocycles. The number of ketones is 1. The fraction of sp³-hybridized carbons (Fsp3) is 0.565. The molecule has 0 radical (unpaired) electrons. The Balaban J connectivity index is 2.12. The Morgan fingerprint density at radius 1 is 0.971 bits per heavy atom. The molecule has 0 bridgehead atoms. The lowest BCUT2D eigenvalue weighted by Gasteiger charge is -2.31. The van der Waals surface area contributed by atoms with Crippen LogP contribution in [0.1, 0.15) is 40.5 Å². The van der Waals surface area contributed by atoms with Crippen molar-refractivity contribution in [2.24, 2.45) is 11.8 Å². The quantitative estimate of drug-likeness (QED) is 0.589. The number of Topliss-reactive ketones (excluding diaryl/α,β-unsaturated/α-hetero) is 1. The number of ether oxygens (including phenoxy) is 1. The second kappa shape index (κ2) is 11.3. The van der Waals surface area contributed by atoms with Gasteiger partial charge in [0, 0.05) is 6.54 Å². The molecule has 1 heterocycles. The molecule has 0 aliphatic carbocycles. The minimum absolute atomic E-state index is 0.190. The van der Waals surface area contributed by atoms with Gasteiger partial charge in [0.1, 0.15) is 17.8 Å². The maximum absolute atomic E-state index is 13.2. The standard InChI is InChI=1S/C23H30F3N3O5/c1-13(2)17(19(30)23(24,25)26)27-20(31)16-11-8-12-29(16)21(32)18(14(3)4)28-22(33)34-15-9-6-5-7-10-15/h5-7,9-10,13-14,16-18H,8,11-12H2,1-4H3,(H,27,31)(H,28,33)/t16-,17-,18-/m0/s1. The number of alkyl halides is 3. The van der Waals surface area contributed by atoms with Gasteiger partial charge >= 0.3 is 12.3 Å². The first-order valence-corrected chi connectivity index (χ1v) is 11.1. The summed E-state index contributed by atoms with van der Waals surface area (Å²) >= 11 is 0. The summed E-state index contributed by atoms with van der Waals surface area (Å²) in [6.07, 6.45) is -5.28. The third-order valence-corrected chi connectivity index (χ3v) is 5.52. The third-order valence-electron chi connectivity index (χ3n) is 5.52. The first-order valence-electron chi connectivity index (χ1n) is 11.1. The summed E-state index contributed by atoms with van der Waals surface area (Å²) in [5.74, 6) is -4.33. The molecule has 1 aromatic carbocycles. The van der Waals surface area contributed by atoms with Gasteiger partial charge in [-0.05, 0) is 36.8 Å². The monoisotopic (exact) mass is 485 g/mol. The fourth-order valence-electron chi connectivity index (χ4n) is 3.71. The predicted octanol–water partition coefficient (Wildman–Crippen LogP) is 3.06. The van der Waals surface area contributed by atoms with Crippen molar-refractivity contribution in [1.82, 2.24) is 15.5 Å². The van der Waals surface area contributed by atoms with E-state index in [0.29, 0.717) is 6.42 Å². The fourth-order valence-corrected chi connectivity index (χ4v) is 3.71. The lowest BCUT2D eigenvalue weighted by molar-refractivity contribution is -0.175. The molecule has 0 spiro atoms. The summed E-state index contributed by atoms with van der Waals surface area (Å²) in [6.45, 7) is 6.38. The van der Waals surface area contributed by atoms with E-state index >= 15 is 0 Å². The van der Waals surface area contributed by atoms with Crippen LogP contribution in [0.15, 0.2) is 30.3 Å². The van der Waals surface area contributed by atoms with Gasteiger partial charge < -0.3 is 20.3 Å². The number of nitrogens with zero attached hydrogens (tertiary/aromatic N) is 1. The third kappa shape index (κ3) is 6.94. The number of benzene rings is 1. The van der Waals surface area contributed by atoms with Crippen molar-refractivity contribution in [3.05, 3.63) is 30.3 Å². The summed E-state index contributed by atoms with van der Waals surface area (Å²) in [5.41, 5.74) is 0. The van der Waals surface area contributed by atoms with Crippen molar-refractivity contribution >= 4 is 23.7 Å². The second-order valence-electron chi connectivity index (χ2n) is 8.85. The van der Waals surface area contributed by atoms with Gasteiger partial charge in [0.25, 0.3) is 5.78 Å². The van der Waals surface area contributed by atoms with Crippen LogP contribution >= 0.6 is 0 Å². The van der Waals surface area contributed by atoms with Gasteiger partial charge in [-0.3, -0.25) is 14.4 Å². The van der Waals surface area contributed by atoms with Gasteiger partial charge in [-0.1, -0.05) is 45.9 Å². The van der Waals surface area contributed by atoms with Crippen LogP contribution in [-0.4, -0.2) is 59.4 Å². The highest BCUT2D eigenvalue weighted by atomic mass is 19.4. The molecular formula is C23H30F3N3O5. The molecule has 3 atom stereocenters. The number of carbonyl (C=O) groups excluding carboxylic acids is 4. The smallest absolute Gasteiger partial charge is 0.410 e. The van der Waals surface area contributed by atoms with Crippen LogP contribution in [0.3, 0.4) is 0 Å². The number of hydrogen-bond donors (Lipinski definition) is 2. The van der Waals surface area contributed by atoms with Gasteiger partial charge in [-0.2, -0.15) is 13.2 Å². The van der Waals surface area contributed by atoms with E-state index < -0.39 is 53.9 Å². The molecule has 0 aromatic heterocycles. The number of para-hydroxylation sites is 1. The summed E-state index contributed by atoms with van der Waals surface area (Å²) in [6, 6.07) is 4.40. The van der Waals surface area contributed by atoms with Crippen LogP contribution in [0.2, 0.25) is 0 Å². The number of nitrogens with one attached hydrogen (secondary N) is 2. The van der Waals surface area contributed by atoms with Crippen molar-refractivity contribution in [1.29, 1.82) is 0 Å². The molecule has 0 saturated carbocycles. The zero-order valence-corrected chi connectivity index (χ0v) is 19.5. The van der Waals surface area contributed by atoms with Gasteiger partial charge in [0.05, 0.1) is 6.04 Å². The van der Waals surface area contributed by atoms with E-state index in [2.05, 4.69) is 10.6 Å². The number of carbonyl (C=O) groups is 4. The number of amides is 3. The van der Waals surface area contributed by atoms with Crippen molar-refractivity contribution in [2.45, 2.75) is 64.8 Å². The summed E-state index contributed by atoms with van der Waals surface area (Å²) in [4.78, 5) is 51.4. The van der Waals surface area contributed by atoms with E-state index in [1.807, 2.05) is 0 Å². The molecule has 1 aromatic rings. The van der Waals surface area contributed by atoms with Gasteiger partial charge in [-0.25, -0.2) is 4.79 Å². The Labute approximate surface area is 196 Å². The van der Waals surface area contributed by atoms with Gasteiger partial charge in [0.15, 0.2) is 0 Å². The van der Waals surface area contributed by atoms with Crippen molar-refractivity contribution in [3.63, 3.8) is 0 Å². The highest BCUT2D eigenvalue weighted by molar-refractivity contribution is 5.96. The van der Waals surface area contributed by atoms with E-state index in [1.54, 1.807) is 44.2 Å². The molecule has 34 heavy (non-hydrogen) atoms. The van der Waals surface area contributed by atoms with Crippen LogP contribution in [0.5, 0.6) is 5.75 Å². The van der Waals surface area contributed by atoms with Crippen molar-refractivity contribution < 1.29 is 37.1 Å². The predicted molar refractivity (Wildman–Crippen MR) is 117 cm³/mol. The summed E-state index contributed by atoms with van der Waals surface area (Å²) in [7, 11) is 0. The molecule has 1 fully saturated rings. The summed E-state index contributed by atoms with van der Waals surface area (Å²) in [5, 5.41) is 4.69. The lowest BCUT2D eigenvalue weighted by Crippen LogP contribution is -2.58. The molecule has 11 heteroatoms. The maximum Gasteiger partial charge on any atom is 0.452 e. The highest BCUT2D eigenvalue weighted by Gasteiger charge is 2.46. The van der Waals surface area contributed by atoms with E-state index in [4.69, 9.17) is 4.74 Å². The molecular weight excluding hydrogens is 455 g/mol. The van der Waals surface area contributed by atoms with Crippen LogP contribution in [0.4, 0.5) is 18.0 Å². The molecule has 1 saturated heterocycles. The zero-order valence-electron chi connectivity index (χ0n) is 19.5. The van der Waals surface area contributed by atoms with Crippen molar-refractivity contribution in [3.8, 4) is 5.75 Å². The molecule has 8 nitrogen and oxygen atoms in total. The summed E-state index contributed by atoms with van der Waals surface area (Å²) < 4.78 is 44.0. The van der Waals surface area contributed by atoms with Crippen LogP contribution in [0, 0.1) is 11.8 Å². The van der Waals surface area contributed by atoms with Crippen molar-refractivity contribution in [2.75, 3.05) is 6.54 Å². The Bertz CT molecular complexity index is 890. The van der Waals surface area contributed by atoms with Gasteiger partial charge in [0.2, 0.25) is 11.8 Å². The number of likely N-dealkylation sites (tertiary alicyclic amines) is 1. The minimum Gasteiger partial charge on any atom is -0.410 e. The van der Waals surface area contributed by atoms with Crippen LogP contribution < -0.4 is 15.4 Å². The maximum atomic E-state index is 13.2. The van der Waals surface area contributed by atoms with E-state index in [1.165, 1.54) is 18.7 Å². The number of halogens is 3. The average Bonchev–Trinajstić information content (AvgIpc) is 3.24. The SMILES string of the molecule is CC(C)[C@H](NC(=O)Oc1ccccc1)C(=O)N1CCC[C@H]1C(=O)N[C@H](C(=O)C(F)(F)F)C(C)C. The normalized spacial score (nSPS) is 17.9. The van der Waals surface area contributed by atoms with Crippen LogP contribution in [-0.2, 0) is 14.4 Å². The van der Waals surface area contributed by atoms with Gasteiger partial charge in [-0.15, -0.1) is 0 Å². The Hall–Kier alpha value is -3.11. The topological polar surface area (TPSA) is 105 Å². The first-order chi connectivity index (χ1) is 15.8.